The standard InChI is InChI=1S/C24H21BrO5/c25-19-13-18(22(26)16-6-7-20-21(12-16)28-11-10-27-20)23-17(8-9-29-23)24(19)30-14-15-4-2-1-3-5-15/h1-7,12-13,22,26H,8-11,14H2/i10D2,11D2,22D. The molecule has 1 unspecified atom stereocenters. The Balaban J connectivity index is 1.50. The predicted molar refractivity (Wildman–Crippen MR) is 116 cm³/mol. The highest BCUT2D eigenvalue weighted by Crippen LogP contribution is 2.46. The van der Waals surface area contributed by atoms with Crippen LogP contribution in [0.2, 0.25) is 0 Å². The van der Waals surface area contributed by atoms with E-state index in [0.717, 1.165) is 11.1 Å². The molecule has 0 bridgehead atoms. The van der Waals surface area contributed by atoms with E-state index in [9.17, 15) is 5.11 Å². The lowest BCUT2D eigenvalue weighted by Gasteiger charge is -2.22. The molecule has 6 heteroatoms. The maximum Gasteiger partial charge on any atom is 0.161 e. The van der Waals surface area contributed by atoms with Gasteiger partial charge in [-0.15, -0.1) is 0 Å². The van der Waals surface area contributed by atoms with Gasteiger partial charge in [0.25, 0.3) is 0 Å². The van der Waals surface area contributed by atoms with Crippen LogP contribution in [-0.2, 0) is 13.0 Å². The van der Waals surface area contributed by atoms with E-state index in [-0.39, 0.29) is 22.6 Å². The Labute approximate surface area is 190 Å². The van der Waals surface area contributed by atoms with E-state index in [1.54, 1.807) is 6.07 Å². The van der Waals surface area contributed by atoms with Gasteiger partial charge in [-0.1, -0.05) is 36.4 Å². The van der Waals surface area contributed by atoms with Gasteiger partial charge in [0.15, 0.2) is 11.5 Å². The van der Waals surface area contributed by atoms with Gasteiger partial charge in [0.05, 0.1) is 17.9 Å². The van der Waals surface area contributed by atoms with E-state index in [2.05, 4.69) is 15.9 Å². The van der Waals surface area contributed by atoms with Crippen LogP contribution in [0.5, 0.6) is 23.0 Å². The fraction of sp³-hybridized carbons (Fsp3) is 0.250. The second-order valence-corrected chi connectivity index (χ2v) is 7.69. The number of hydrogen-bond acceptors (Lipinski definition) is 5. The summed E-state index contributed by atoms with van der Waals surface area (Å²) in [6.45, 7) is -4.75. The SMILES string of the molecule is [2H]C(O)(c1ccc2c(c1)OC([2H])([2H])C([2H])([2H])O2)c1cc(Br)c(OCc2ccccc2)c2c1OCC2. The number of benzene rings is 3. The lowest BCUT2D eigenvalue weighted by atomic mass is 9.97. The van der Waals surface area contributed by atoms with Crippen LogP contribution in [0.4, 0.5) is 0 Å². The van der Waals surface area contributed by atoms with Crippen molar-refractivity contribution in [1.29, 1.82) is 0 Å². The van der Waals surface area contributed by atoms with Gasteiger partial charge in [0.1, 0.15) is 37.3 Å². The summed E-state index contributed by atoms with van der Waals surface area (Å²) < 4.78 is 62.6. The van der Waals surface area contributed by atoms with Crippen molar-refractivity contribution in [3.8, 4) is 23.0 Å². The van der Waals surface area contributed by atoms with Crippen molar-refractivity contribution in [2.75, 3.05) is 19.7 Å². The van der Waals surface area contributed by atoms with Gasteiger partial charge in [-0.25, -0.2) is 0 Å². The summed E-state index contributed by atoms with van der Waals surface area (Å²) in [6.07, 6.45) is -1.76. The van der Waals surface area contributed by atoms with E-state index in [1.807, 2.05) is 30.3 Å². The van der Waals surface area contributed by atoms with Crippen molar-refractivity contribution in [3.05, 3.63) is 81.3 Å². The molecule has 0 saturated heterocycles. The van der Waals surface area contributed by atoms with Crippen molar-refractivity contribution in [1.82, 2.24) is 0 Å². The zero-order valence-electron chi connectivity index (χ0n) is 20.8. The van der Waals surface area contributed by atoms with Gasteiger partial charge < -0.3 is 24.1 Å². The first-order valence-electron chi connectivity index (χ1n) is 11.9. The van der Waals surface area contributed by atoms with Crippen LogP contribution in [0.25, 0.3) is 0 Å². The van der Waals surface area contributed by atoms with E-state index in [4.69, 9.17) is 25.8 Å². The third-order valence-corrected chi connectivity index (χ3v) is 5.53. The molecule has 1 atom stereocenters. The summed E-state index contributed by atoms with van der Waals surface area (Å²) in [5.41, 5.74) is 1.98. The smallest absolute Gasteiger partial charge is 0.161 e. The van der Waals surface area contributed by atoms with Crippen LogP contribution in [0, 0.1) is 0 Å². The van der Waals surface area contributed by atoms with E-state index in [0.29, 0.717) is 35.6 Å². The summed E-state index contributed by atoms with van der Waals surface area (Å²) in [4.78, 5) is 0. The largest absolute Gasteiger partial charge is 0.492 e. The molecule has 5 rings (SSSR count). The van der Waals surface area contributed by atoms with Crippen LogP contribution < -0.4 is 18.9 Å². The molecule has 3 aromatic rings. The fourth-order valence-electron chi connectivity index (χ4n) is 3.50. The highest BCUT2D eigenvalue weighted by molar-refractivity contribution is 9.10. The lowest BCUT2D eigenvalue weighted by molar-refractivity contribution is 0.169. The van der Waals surface area contributed by atoms with Crippen molar-refractivity contribution in [2.45, 2.75) is 19.1 Å². The van der Waals surface area contributed by atoms with E-state index < -0.39 is 19.2 Å². The Morgan fingerprint density at radius 2 is 1.87 bits per heavy atom. The first kappa shape index (κ1) is 14.3. The minimum absolute atomic E-state index is 0.0306. The molecule has 0 spiro atoms. The molecule has 2 aliphatic heterocycles. The third kappa shape index (κ3) is 3.61. The topological polar surface area (TPSA) is 57.2 Å². The fourth-order valence-corrected chi connectivity index (χ4v) is 4.09. The number of fused-ring (bicyclic) bond motifs is 2. The molecule has 3 aromatic carbocycles. The molecular weight excluding hydrogens is 448 g/mol. The molecule has 5 nitrogen and oxygen atoms in total. The van der Waals surface area contributed by atoms with E-state index in [1.165, 1.54) is 18.2 Å². The summed E-state index contributed by atoms with van der Waals surface area (Å²) in [5, 5.41) is 11.3. The number of ether oxygens (including phenoxy) is 4. The molecule has 0 radical (unpaired) electrons. The number of rotatable bonds is 5. The van der Waals surface area contributed by atoms with Crippen LogP contribution in [0.1, 0.15) is 35.2 Å². The first-order chi connectivity index (χ1) is 16.5. The second kappa shape index (κ2) is 8.20. The molecule has 30 heavy (non-hydrogen) atoms. The van der Waals surface area contributed by atoms with Gasteiger partial charge in [0.2, 0.25) is 0 Å². The van der Waals surface area contributed by atoms with Crippen LogP contribution in [0.3, 0.4) is 0 Å². The molecule has 2 heterocycles. The Hall–Kier alpha value is -2.70. The Kier molecular flexibility index (Phi) is 3.92. The summed E-state index contributed by atoms with van der Waals surface area (Å²) in [7, 11) is 0. The quantitative estimate of drug-likeness (QED) is 0.575. The third-order valence-electron chi connectivity index (χ3n) is 4.94. The minimum atomic E-state index is -2.76. The van der Waals surface area contributed by atoms with Crippen molar-refractivity contribution >= 4 is 15.9 Å². The molecule has 1 N–H and O–H groups in total. The Morgan fingerprint density at radius 1 is 1.07 bits per heavy atom. The maximum atomic E-state index is 11.3. The molecule has 0 aliphatic carbocycles. The Morgan fingerprint density at radius 3 is 2.70 bits per heavy atom. The second-order valence-electron chi connectivity index (χ2n) is 6.83. The van der Waals surface area contributed by atoms with Gasteiger partial charge in [-0.2, -0.15) is 0 Å². The van der Waals surface area contributed by atoms with E-state index >= 15 is 0 Å². The zero-order chi connectivity index (χ0) is 25.0. The van der Waals surface area contributed by atoms with Crippen molar-refractivity contribution in [2.24, 2.45) is 0 Å². The van der Waals surface area contributed by atoms with Gasteiger partial charge in [-0.05, 0) is 45.3 Å². The first-order valence-corrected chi connectivity index (χ1v) is 10.2. The average Bonchev–Trinajstić information content (AvgIpc) is 3.28. The molecule has 0 fully saturated rings. The normalized spacial score (nSPS) is 22.1. The number of aliphatic hydroxyl groups is 1. The number of halogens is 1. The van der Waals surface area contributed by atoms with Gasteiger partial charge in [-0.3, -0.25) is 0 Å². The van der Waals surface area contributed by atoms with Crippen LogP contribution in [0.15, 0.2) is 59.1 Å². The molecule has 0 saturated carbocycles. The Bertz CT molecular complexity index is 1280. The summed E-state index contributed by atoms with van der Waals surface area (Å²) in [5.74, 6) is 0.790. The lowest BCUT2D eigenvalue weighted by Crippen LogP contribution is -2.15. The maximum absolute atomic E-state index is 11.3. The predicted octanol–water partition coefficient (Wildman–Crippen LogP) is 4.82. The van der Waals surface area contributed by atoms with Crippen molar-refractivity contribution < 1.29 is 30.9 Å². The minimum Gasteiger partial charge on any atom is -0.492 e. The molecule has 0 aromatic heterocycles. The van der Waals surface area contributed by atoms with Crippen molar-refractivity contribution in [3.63, 3.8) is 0 Å². The van der Waals surface area contributed by atoms with Gasteiger partial charge >= 0.3 is 0 Å². The van der Waals surface area contributed by atoms with Gasteiger partial charge in [0, 0.05) is 17.5 Å². The monoisotopic (exact) mass is 473 g/mol. The highest BCUT2D eigenvalue weighted by atomic mass is 79.9. The summed E-state index contributed by atoms with van der Waals surface area (Å²) in [6, 6.07) is 15.3. The average molecular weight is 474 g/mol. The highest BCUT2D eigenvalue weighted by Gasteiger charge is 2.28. The number of hydrogen-bond donors (Lipinski definition) is 1. The summed E-state index contributed by atoms with van der Waals surface area (Å²) >= 11 is 3.52. The van der Waals surface area contributed by atoms with Crippen LogP contribution in [-0.4, -0.2) is 24.8 Å². The molecule has 0 amide bonds. The van der Waals surface area contributed by atoms with Crippen LogP contribution >= 0.6 is 15.9 Å². The molecule has 2 aliphatic rings. The molecular formula is C24H21BrO5. The zero-order valence-corrected chi connectivity index (χ0v) is 17.4. The molecule has 154 valence electrons.